The minimum absolute atomic E-state index is 0.300. The maximum atomic E-state index is 14.7. The summed E-state index contributed by atoms with van der Waals surface area (Å²) in [4.78, 5) is 8.51. The van der Waals surface area contributed by atoms with Crippen molar-refractivity contribution in [1.82, 2.24) is 9.97 Å². The minimum Gasteiger partial charge on any atom is -0.496 e. The summed E-state index contributed by atoms with van der Waals surface area (Å²) in [5, 5.41) is 4.73. The lowest BCUT2D eigenvalue weighted by Crippen LogP contribution is -2.10. The molecule has 1 N–H and O–H groups in total. The Kier molecular flexibility index (Phi) is 5.32. The molecule has 1 atom stereocenters. The third-order valence-electron chi connectivity index (χ3n) is 4.86. The second kappa shape index (κ2) is 8.05. The van der Waals surface area contributed by atoms with Gasteiger partial charge < -0.3 is 10.1 Å². The summed E-state index contributed by atoms with van der Waals surface area (Å²) in [6.45, 7) is 1.90. The molecule has 0 saturated carbocycles. The first-order chi connectivity index (χ1) is 14.1. The molecule has 0 fully saturated rings. The molecule has 0 bridgehead atoms. The van der Waals surface area contributed by atoms with Crippen LogP contribution in [0, 0.1) is 5.82 Å². The van der Waals surface area contributed by atoms with Crippen molar-refractivity contribution in [3.05, 3.63) is 83.5 Å². The van der Waals surface area contributed by atoms with Crippen molar-refractivity contribution in [2.24, 2.45) is 0 Å². The van der Waals surface area contributed by atoms with Gasteiger partial charge in [-0.1, -0.05) is 35.9 Å². The fourth-order valence-electron chi connectivity index (χ4n) is 3.38. The first kappa shape index (κ1) is 19.2. The number of hydrogen-bond donors (Lipinski definition) is 1. The summed E-state index contributed by atoms with van der Waals surface area (Å²) >= 11 is 6.40. The molecule has 29 heavy (non-hydrogen) atoms. The van der Waals surface area contributed by atoms with Gasteiger partial charge >= 0.3 is 0 Å². The van der Waals surface area contributed by atoms with Crippen LogP contribution in [-0.4, -0.2) is 17.1 Å². The number of nitrogens with one attached hydrogen (secondary N) is 1. The molecule has 146 valence electrons. The molecule has 4 aromatic rings. The maximum Gasteiger partial charge on any atom is 0.129 e. The van der Waals surface area contributed by atoms with Gasteiger partial charge in [-0.25, -0.2) is 4.39 Å². The van der Waals surface area contributed by atoms with Crippen LogP contribution in [0.4, 0.5) is 10.1 Å². The van der Waals surface area contributed by atoms with Gasteiger partial charge in [-0.05, 0) is 36.8 Å². The molecule has 2 heterocycles. The SMILES string of the molecule is COc1ccncc1-c1ccc(F)c(C(C)Nc2c(Cl)cnc3ccccc23)c1. The van der Waals surface area contributed by atoms with E-state index >= 15 is 0 Å². The standard InChI is InChI=1S/C23H19ClFN3O/c1-14(28-23-16-5-3-4-6-21(16)27-13-19(23)24)17-11-15(7-8-20(17)25)18-12-26-10-9-22(18)29-2/h3-14H,1-2H3,(H,27,28). The number of nitrogens with zero attached hydrogens (tertiary/aromatic N) is 2. The third kappa shape index (κ3) is 3.74. The lowest BCUT2D eigenvalue weighted by atomic mass is 9.99. The Labute approximate surface area is 173 Å². The Bertz CT molecular complexity index is 1180. The zero-order valence-corrected chi connectivity index (χ0v) is 16.7. The van der Waals surface area contributed by atoms with E-state index in [9.17, 15) is 4.39 Å². The zero-order valence-electron chi connectivity index (χ0n) is 16.0. The molecule has 1 unspecified atom stereocenters. The van der Waals surface area contributed by atoms with Crippen molar-refractivity contribution in [2.45, 2.75) is 13.0 Å². The number of rotatable bonds is 5. The molecular weight excluding hydrogens is 389 g/mol. The van der Waals surface area contributed by atoms with Gasteiger partial charge in [-0.15, -0.1) is 0 Å². The lowest BCUT2D eigenvalue weighted by molar-refractivity contribution is 0.416. The molecule has 0 spiro atoms. The van der Waals surface area contributed by atoms with Crippen molar-refractivity contribution >= 4 is 28.2 Å². The molecule has 2 aromatic heterocycles. The monoisotopic (exact) mass is 407 g/mol. The van der Waals surface area contributed by atoms with E-state index in [0.29, 0.717) is 16.3 Å². The lowest BCUT2D eigenvalue weighted by Gasteiger charge is -2.20. The van der Waals surface area contributed by atoms with Crippen LogP contribution >= 0.6 is 11.6 Å². The van der Waals surface area contributed by atoms with Crippen LogP contribution in [-0.2, 0) is 0 Å². The van der Waals surface area contributed by atoms with Crippen LogP contribution in [0.2, 0.25) is 5.02 Å². The molecular formula is C23H19ClFN3O. The Morgan fingerprint density at radius 2 is 1.93 bits per heavy atom. The third-order valence-corrected chi connectivity index (χ3v) is 5.15. The number of para-hydroxylation sites is 1. The number of aromatic nitrogens is 2. The minimum atomic E-state index is -0.332. The Morgan fingerprint density at radius 3 is 2.76 bits per heavy atom. The van der Waals surface area contributed by atoms with Crippen molar-refractivity contribution in [2.75, 3.05) is 12.4 Å². The molecule has 4 nitrogen and oxygen atoms in total. The van der Waals surface area contributed by atoms with Crippen molar-refractivity contribution < 1.29 is 9.13 Å². The van der Waals surface area contributed by atoms with E-state index in [2.05, 4.69) is 15.3 Å². The number of pyridine rings is 2. The van der Waals surface area contributed by atoms with Gasteiger partial charge in [0.1, 0.15) is 11.6 Å². The molecule has 0 radical (unpaired) electrons. The topological polar surface area (TPSA) is 47.0 Å². The average molecular weight is 408 g/mol. The first-order valence-electron chi connectivity index (χ1n) is 9.16. The molecule has 0 amide bonds. The fraction of sp³-hybridized carbons (Fsp3) is 0.130. The Balaban J connectivity index is 1.73. The fourth-order valence-corrected chi connectivity index (χ4v) is 3.58. The van der Waals surface area contributed by atoms with E-state index in [4.69, 9.17) is 16.3 Å². The molecule has 6 heteroatoms. The van der Waals surface area contributed by atoms with Crippen LogP contribution in [0.25, 0.3) is 22.0 Å². The molecule has 4 rings (SSSR count). The highest BCUT2D eigenvalue weighted by Crippen LogP contribution is 2.35. The molecule has 0 aliphatic heterocycles. The van der Waals surface area contributed by atoms with Crippen LogP contribution in [0.3, 0.4) is 0 Å². The smallest absolute Gasteiger partial charge is 0.129 e. The van der Waals surface area contributed by atoms with Crippen molar-refractivity contribution in [1.29, 1.82) is 0 Å². The van der Waals surface area contributed by atoms with Crippen molar-refractivity contribution in [3.63, 3.8) is 0 Å². The highest BCUT2D eigenvalue weighted by molar-refractivity contribution is 6.34. The van der Waals surface area contributed by atoms with Gasteiger partial charge in [0.15, 0.2) is 0 Å². The molecule has 0 aliphatic carbocycles. The second-order valence-corrected chi connectivity index (χ2v) is 7.08. The Morgan fingerprint density at radius 1 is 1.10 bits per heavy atom. The average Bonchev–Trinajstić information content (AvgIpc) is 2.76. The number of fused-ring (bicyclic) bond motifs is 1. The largest absolute Gasteiger partial charge is 0.496 e. The van der Waals surface area contributed by atoms with E-state index in [1.165, 1.54) is 6.07 Å². The highest BCUT2D eigenvalue weighted by atomic mass is 35.5. The van der Waals surface area contributed by atoms with Gasteiger partial charge in [-0.2, -0.15) is 0 Å². The predicted molar refractivity (Wildman–Crippen MR) is 115 cm³/mol. The van der Waals surface area contributed by atoms with Crippen LogP contribution in [0.5, 0.6) is 5.75 Å². The number of anilines is 1. The van der Waals surface area contributed by atoms with Crippen molar-refractivity contribution in [3.8, 4) is 16.9 Å². The Hall–Kier alpha value is -3.18. The van der Waals surface area contributed by atoms with Gasteiger partial charge in [-0.3, -0.25) is 9.97 Å². The van der Waals surface area contributed by atoms with E-state index in [-0.39, 0.29) is 11.9 Å². The van der Waals surface area contributed by atoms with E-state index < -0.39 is 0 Å². The van der Waals surface area contributed by atoms with E-state index in [0.717, 1.165) is 27.7 Å². The van der Waals surface area contributed by atoms with Gasteiger partial charge in [0.2, 0.25) is 0 Å². The highest BCUT2D eigenvalue weighted by Gasteiger charge is 2.17. The summed E-state index contributed by atoms with van der Waals surface area (Å²) in [6, 6.07) is 14.1. The van der Waals surface area contributed by atoms with E-state index in [1.54, 1.807) is 37.8 Å². The molecule has 0 saturated heterocycles. The number of hydrogen-bond acceptors (Lipinski definition) is 4. The molecule has 0 aliphatic rings. The van der Waals surface area contributed by atoms with Gasteiger partial charge in [0.05, 0.1) is 29.4 Å². The summed E-state index contributed by atoms with van der Waals surface area (Å²) in [6.07, 6.45) is 4.97. The summed E-state index contributed by atoms with van der Waals surface area (Å²) in [5.74, 6) is 0.382. The second-order valence-electron chi connectivity index (χ2n) is 6.68. The van der Waals surface area contributed by atoms with Crippen LogP contribution < -0.4 is 10.1 Å². The van der Waals surface area contributed by atoms with E-state index in [1.807, 2.05) is 37.3 Å². The normalized spacial score (nSPS) is 12.0. The quantitative estimate of drug-likeness (QED) is 0.423. The number of benzene rings is 2. The summed E-state index contributed by atoms with van der Waals surface area (Å²) < 4.78 is 20.1. The summed E-state index contributed by atoms with van der Waals surface area (Å²) in [7, 11) is 1.60. The van der Waals surface area contributed by atoms with Crippen LogP contribution in [0.15, 0.2) is 67.1 Å². The predicted octanol–water partition coefficient (Wildman–Crippen LogP) is 6.27. The zero-order chi connectivity index (χ0) is 20.4. The van der Waals surface area contributed by atoms with Crippen LogP contribution in [0.1, 0.15) is 18.5 Å². The van der Waals surface area contributed by atoms with Gasteiger partial charge in [0, 0.05) is 35.1 Å². The number of halogens is 2. The first-order valence-corrected chi connectivity index (χ1v) is 9.54. The maximum absolute atomic E-state index is 14.7. The number of methoxy groups -OCH3 is 1. The number of ether oxygens (including phenoxy) is 1. The van der Waals surface area contributed by atoms with Gasteiger partial charge in [0.25, 0.3) is 0 Å². The summed E-state index contributed by atoms with van der Waals surface area (Å²) in [5.41, 5.74) is 3.70. The molecule has 2 aromatic carbocycles.